The third-order valence-corrected chi connectivity index (χ3v) is 4.81. The maximum Gasteiger partial charge on any atom is 0.293 e. The number of benzene rings is 1. The fraction of sp³-hybridized carbons (Fsp3) is 0.389. The van der Waals surface area contributed by atoms with Crippen molar-refractivity contribution in [3.8, 4) is 0 Å². The first-order chi connectivity index (χ1) is 11.9. The zero-order valence-corrected chi connectivity index (χ0v) is 14.2. The monoisotopic (exact) mass is 345 g/mol. The largest absolute Gasteiger partial charge is 0.339 e. The minimum atomic E-state index is -0.520. The molecule has 0 saturated carbocycles. The topological polar surface area (TPSA) is 66.7 Å². The van der Waals surface area contributed by atoms with Gasteiger partial charge in [-0.1, -0.05) is 12.2 Å². The molecule has 0 radical (unpaired) electrons. The van der Waals surface area contributed by atoms with E-state index in [0.29, 0.717) is 13.0 Å². The molecule has 1 amide bonds. The molecule has 0 bridgehead atoms. The number of carbonyl (C=O) groups is 1. The number of halogens is 1. The summed E-state index contributed by atoms with van der Waals surface area (Å²) in [5, 5.41) is 11.6. The van der Waals surface area contributed by atoms with Crippen LogP contribution in [0.2, 0.25) is 0 Å². The van der Waals surface area contributed by atoms with Crippen LogP contribution in [0.15, 0.2) is 36.6 Å². The summed E-state index contributed by atoms with van der Waals surface area (Å²) in [4.78, 5) is 26.2. The molecule has 2 aliphatic rings. The Balaban J connectivity index is 2.06. The summed E-state index contributed by atoms with van der Waals surface area (Å²) in [5.74, 6) is -0.667. The van der Waals surface area contributed by atoms with Crippen LogP contribution in [0.3, 0.4) is 0 Å². The molecule has 2 heterocycles. The summed E-state index contributed by atoms with van der Waals surface area (Å²) in [7, 11) is 0. The highest BCUT2D eigenvalue weighted by atomic mass is 19.1. The lowest BCUT2D eigenvalue weighted by Crippen LogP contribution is -2.34. The normalized spacial score (nSPS) is 22.5. The van der Waals surface area contributed by atoms with Gasteiger partial charge in [-0.25, -0.2) is 4.39 Å². The molecule has 25 heavy (non-hydrogen) atoms. The molecule has 0 spiro atoms. The van der Waals surface area contributed by atoms with E-state index in [-0.39, 0.29) is 28.9 Å². The number of hydrogen-bond donors (Lipinski definition) is 0. The third-order valence-electron chi connectivity index (χ3n) is 4.81. The van der Waals surface area contributed by atoms with Crippen LogP contribution < -0.4 is 4.90 Å². The maximum atomic E-state index is 14.8. The molecule has 0 aromatic heterocycles. The molecule has 1 aromatic rings. The van der Waals surface area contributed by atoms with Crippen molar-refractivity contribution >= 4 is 17.3 Å². The van der Waals surface area contributed by atoms with Gasteiger partial charge >= 0.3 is 0 Å². The summed E-state index contributed by atoms with van der Waals surface area (Å²) in [6, 6.07) is 2.03. The number of nitro benzene ring substituents is 1. The van der Waals surface area contributed by atoms with E-state index in [1.54, 1.807) is 22.1 Å². The molecule has 2 unspecified atom stereocenters. The highest BCUT2D eigenvalue weighted by Crippen LogP contribution is 2.41. The van der Waals surface area contributed by atoms with Gasteiger partial charge in [0.05, 0.1) is 11.0 Å². The Morgan fingerprint density at radius 2 is 2.08 bits per heavy atom. The second kappa shape index (κ2) is 6.66. The van der Waals surface area contributed by atoms with E-state index in [1.165, 1.54) is 19.1 Å². The van der Waals surface area contributed by atoms with Gasteiger partial charge in [0.15, 0.2) is 0 Å². The van der Waals surface area contributed by atoms with Crippen molar-refractivity contribution in [3.05, 3.63) is 58.1 Å². The van der Waals surface area contributed by atoms with E-state index in [0.717, 1.165) is 6.42 Å². The molecule has 1 saturated heterocycles. The van der Waals surface area contributed by atoms with E-state index >= 15 is 0 Å². The Labute approximate surface area is 145 Å². The Hall–Kier alpha value is -2.70. The molecule has 1 aromatic carbocycles. The van der Waals surface area contributed by atoms with Crippen LogP contribution in [0.25, 0.3) is 0 Å². The van der Waals surface area contributed by atoms with Gasteiger partial charge < -0.3 is 9.80 Å². The number of nitro groups is 1. The average molecular weight is 345 g/mol. The van der Waals surface area contributed by atoms with Crippen LogP contribution in [0.1, 0.15) is 38.3 Å². The first-order valence-corrected chi connectivity index (χ1v) is 8.27. The minimum Gasteiger partial charge on any atom is -0.339 e. The second-order valence-corrected chi connectivity index (χ2v) is 6.41. The number of nitrogens with zero attached hydrogens (tertiary/aromatic N) is 3. The van der Waals surface area contributed by atoms with E-state index < -0.39 is 16.8 Å². The first kappa shape index (κ1) is 17.1. The van der Waals surface area contributed by atoms with E-state index in [4.69, 9.17) is 0 Å². The Kier molecular flexibility index (Phi) is 4.57. The fourth-order valence-corrected chi connectivity index (χ4v) is 3.66. The zero-order chi connectivity index (χ0) is 18.1. The van der Waals surface area contributed by atoms with Crippen molar-refractivity contribution in [1.29, 1.82) is 0 Å². The third kappa shape index (κ3) is 3.14. The van der Waals surface area contributed by atoms with Gasteiger partial charge in [-0.3, -0.25) is 14.9 Å². The van der Waals surface area contributed by atoms with Crippen molar-refractivity contribution < 1.29 is 14.1 Å². The smallest absolute Gasteiger partial charge is 0.293 e. The van der Waals surface area contributed by atoms with Gasteiger partial charge in [0.25, 0.3) is 5.69 Å². The lowest BCUT2D eigenvalue weighted by atomic mass is 10.0. The lowest BCUT2D eigenvalue weighted by molar-refractivity contribution is -0.384. The van der Waals surface area contributed by atoms with Crippen molar-refractivity contribution in [2.24, 2.45) is 0 Å². The minimum absolute atomic E-state index is 0.00389. The number of hydrogen-bond acceptors (Lipinski definition) is 4. The van der Waals surface area contributed by atoms with Crippen molar-refractivity contribution in [2.75, 3.05) is 11.4 Å². The van der Waals surface area contributed by atoms with Crippen LogP contribution in [-0.4, -0.2) is 28.3 Å². The van der Waals surface area contributed by atoms with Crippen molar-refractivity contribution in [1.82, 2.24) is 4.90 Å². The molecule has 1 fully saturated rings. The molecule has 132 valence electrons. The Morgan fingerprint density at radius 1 is 1.32 bits per heavy atom. The zero-order valence-electron chi connectivity index (χ0n) is 14.2. The molecular formula is C18H20FN3O3. The molecule has 2 aliphatic heterocycles. The predicted octanol–water partition coefficient (Wildman–Crippen LogP) is 3.70. The van der Waals surface area contributed by atoms with Gasteiger partial charge in [-0.05, 0) is 25.8 Å². The van der Waals surface area contributed by atoms with E-state index in [9.17, 15) is 19.3 Å². The SMILES string of the molecule is CC(=O)N1C(C)CCC1c1cc([N+](=O)[O-])c(N2C=CC=CC2)cc1F. The summed E-state index contributed by atoms with van der Waals surface area (Å²) in [6.07, 6.45) is 8.44. The van der Waals surface area contributed by atoms with Crippen LogP contribution in [-0.2, 0) is 4.79 Å². The number of allylic oxidation sites excluding steroid dienone is 2. The number of likely N-dealkylation sites (tertiary alicyclic amines) is 1. The van der Waals surface area contributed by atoms with Crippen LogP contribution in [0.4, 0.5) is 15.8 Å². The number of rotatable bonds is 3. The number of amides is 1. The second-order valence-electron chi connectivity index (χ2n) is 6.41. The number of anilines is 1. The van der Waals surface area contributed by atoms with Crippen molar-refractivity contribution in [2.45, 2.75) is 38.8 Å². The Morgan fingerprint density at radius 3 is 2.68 bits per heavy atom. The van der Waals surface area contributed by atoms with Crippen LogP contribution in [0, 0.1) is 15.9 Å². The summed E-state index contributed by atoms with van der Waals surface area (Å²) >= 11 is 0. The average Bonchev–Trinajstić information content (AvgIpc) is 2.96. The van der Waals surface area contributed by atoms with Crippen LogP contribution in [0.5, 0.6) is 0 Å². The quantitative estimate of drug-likeness (QED) is 0.619. The van der Waals surface area contributed by atoms with Crippen LogP contribution >= 0.6 is 0 Å². The molecule has 3 rings (SSSR count). The molecule has 0 N–H and O–H groups in total. The van der Waals surface area contributed by atoms with Gasteiger partial charge in [0.1, 0.15) is 11.5 Å². The highest BCUT2D eigenvalue weighted by Gasteiger charge is 2.36. The summed E-state index contributed by atoms with van der Waals surface area (Å²) < 4.78 is 14.8. The molecule has 6 nitrogen and oxygen atoms in total. The standard InChI is InChI=1S/C18H20FN3O3/c1-12-6-7-16(21(12)13(2)23)14-10-18(22(24)25)17(11-15(14)19)20-8-4-3-5-9-20/h3-5,8,10-12,16H,6-7,9H2,1-2H3. The van der Waals surface area contributed by atoms with Gasteiger partial charge in [0, 0.05) is 43.4 Å². The van der Waals surface area contributed by atoms with E-state index in [1.807, 2.05) is 19.1 Å². The maximum absolute atomic E-state index is 14.8. The lowest BCUT2D eigenvalue weighted by Gasteiger charge is -2.28. The molecule has 2 atom stereocenters. The highest BCUT2D eigenvalue weighted by molar-refractivity contribution is 5.75. The summed E-state index contributed by atoms with van der Waals surface area (Å²) in [5.41, 5.74) is 0.276. The van der Waals surface area contributed by atoms with Gasteiger partial charge in [-0.2, -0.15) is 0 Å². The van der Waals surface area contributed by atoms with E-state index in [2.05, 4.69) is 0 Å². The summed E-state index contributed by atoms with van der Waals surface area (Å²) in [6.45, 7) is 3.80. The van der Waals surface area contributed by atoms with Crippen molar-refractivity contribution in [3.63, 3.8) is 0 Å². The first-order valence-electron chi connectivity index (χ1n) is 8.27. The van der Waals surface area contributed by atoms with Gasteiger partial charge in [0.2, 0.25) is 5.91 Å². The molecular weight excluding hydrogens is 325 g/mol. The molecule has 7 heteroatoms. The number of carbonyl (C=O) groups excluding carboxylic acids is 1. The Bertz CT molecular complexity index is 775. The fourth-order valence-electron chi connectivity index (χ4n) is 3.66. The predicted molar refractivity (Wildman–Crippen MR) is 92.6 cm³/mol. The van der Waals surface area contributed by atoms with Gasteiger partial charge in [-0.15, -0.1) is 0 Å². The molecule has 0 aliphatic carbocycles.